The van der Waals surface area contributed by atoms with Gasteiger partial charge in [0.15, 0.2) is 5.69 Å². The van der Waals surface area contributed by atoms with Crippen LogP contribution >= 0.6 is 0 Å². The maximum Gasteiger partial charge on any atom is 0.418 e. The molecule has 1 aromatic carbocycles. The lowest BCUT2D eigenvalue weighted by Crippen LogP contribution is -2.50. The van der Waals surface area contributed by atoms with E-state index in [1.165, 1.54) is 39.1 Å². The zero-order chi connectivity index (χ0) is 19.0. The number of aromatic nitrogens is 3. The molecule has 0 aliphatic carbocycles. The Morgan fingerprint density at radius 1 is 1.20 bits per heavy atom. The van der Waals surface area contributed by atoms with Gasteiger partial charge < -0.3 is 10.0 Å². The van der Waals surface area contributed by atoms with Crippen LogP contribution in [0.4, 0.5) is 13.2 Å². The van der Waals surface area contributed by atoms with Crippen LogP contribution in [-0.4, -0.2) is 49.5 Å². The van der Waals surface area contributed by atoms with Crippen molar-refractivity contribution in [3.8, 4) is 5.69 Å². The highest BCUT2D eigenvalue weighted by Gasteiger charge is 2.37. The third-order valence-electron chi connectivity index (χ3n) is 3.84. The fourth-order valence-electron chi connectivity index (χ4n) is 1.96. The summed E-state index contributed by atoms with van der Waals surface area (Å²) in [6.45, 7) is 2.63. The zero-order valence-electron chi connectivity index (χ0n) is 13.6. The summed E-state index contributed by atoms with van der Waals surface area (Å²) in [5.74, 6) is -2.01. The lowest BCUT2D eigenvalue weighted by Gasteiger charge is -2.30. The van der Waals surface area contributed by atoms with E-state index in [1.807, 2.05) is 0 Å². The molecule has 0 atom stereocenters. The van der Waals surface area contributed by atoms with E-state index in [2.05, 4.69) is 10.3 Å². The number of aliphatic carboxylic acids is 1. The highest BCUT2D eigenvalue weighted by molar-refractivity contribution is 5.95. The molecule has 0 spiro atoms. The summed E-state index contributed by atoms with van der Waals surface area (Å²) in [6.07, 6.45) is -3.57. The number of carbonyl (C=O) groups is 2. The molecule has 0 unspecified atom stereocenters. The number of carboxylic acids is 1. The molecule has 0 fully saturated rings. The number of amides is 1. The second kappa shape index (κ2) is 6.19. The highest BCUT2D eigenvalue weighted by atomic mass is 19.4. The van der Waals surface area contributed by atoms with E-state index >= 15 is 0 Å². The van der Waals surface area contributed by atoms with Crippen molar-refractivity contribution in [2.45, 2.75) is 25.6 Å². The molecule has 0 aliphatic heterocycles. The number of nitrogens with zero attached hydrogens (tertiary/aromatic N) is 4. The van der Waals surface area contributed by atoms with Crippen molar-refractivity contribution in [3.63, 3.8) is 0 Å². The Morgan fingerprint density at radius 2 is 1.80 bits per heavy atom. The van der Waals surface area contributed by atoms with E-state index in [4.69, 9.17) is 5.11 Å². The molecular weight excluding hydrogens is 341 g/mol. The Labute approximate surface area is 140 Å². The normalized spacial score (nSPS) is 12.1. The monoisotopic (exact) mass is 356 g/mol. The number of likely N-dealkylation sites (N-methyl/N-ethyl adjacent to an activating group) is 1. The van der Waals surface area contributed by atoms with Gasteiger partial charge in [-0.25, -0.2) is 9.48 Å². The molecule has 10 heteroatoms. The second-order valence-electron chi connectivity index (χ2n) is 5.79. The first-order valence-corrected chi connectivity index (χ1v) is 7.06. The first-order valence-electron chi connectivity index (χ1n) is 7.06. The van der Waals surface area contributed by atoms with Gasteiger partial charge in [0.2, 0.25) is 0 Å². The Morgan fingerprint density at radius 3 is 2.36 bits per heavy atom. The summed E-state index contributed by atoms with van der Waals surface area (Å²) in [4.78, 5) is 24.5. The van der Waals surface area contributed by atoms with Crippen LogP contribution in [0.1, 0.15) is 29.9 Å². The van der Waals surface area contributed by atoms with E-state index in [9.17, 15) is 22.8 Å². The molecule has 0 bridgehead atoms. The maximum absolute atomic E-state index is 13.1. The van der Waals surface area contributed by atoms with E-state index in [1.54, 1.807) is 0 Å². The lowest BCUT2D eigenvalue weighted by atomic mass is 10.0. The highest BCUT2D eigenvalue weighted by Crippen LogP contribution is 2.33. The molecule has 7 nitrogen and oxygen atoms in total. The number of carbonyl (C=O) groups excluding carboxylic acids is 1. The SMILES string of the molecule is CN(C(=O)c1cn(-c2ccccc2C(F)(F)F)nn1)C(C)(C)C(=O)O. The van der Waals surface area contributed by atoms with Crippen molar-refractivity contribution in [3.05, 3.63) is 41.7 Å². The standard InChI is InChI=1S/C15H15F3N4O3/c1-14(2,13(24)25)21(3)12(23)10-8-22(20-19-10)11-7-5-4-6-9(11)15(16,17)18/h4-8H,1-3H3,(H,24,25). The van der Waals surface area contributed by atoms with Gasteiger partial charge >= 0.3 is 12.1 Å². The van der Waals surface area contributed by atoms with Crippen LogP contribution in [0, 0.1) is 0 Å². The number of alkyl halides is 3. The molecule has 1 amide bonds. The van der Waals surface area contributed by atoms with Gasteiger partial charge in [-0.1, -0.05) is 17.3 Å². The zero-order valence-corrected chi connectivity index (χ0v) is 13.6. The van der Waals surface area contributed by atoms with Gasteiger partial charge in [-0.05, 0) is 26.0 Å². The summed E-state index contributed by atoms with van der Waals surface area (Å²) in [6, 6.07) is 4.71. The van der Waals surface area contributed by atoms with Crippen molar-refractivity contribution < 1.29 is 27.9 Å². The van der Waals surface area contributed by atoms with Crippen molar-refractivity contribution in [2.75, 3.05) is 7.05 Å². The predicted molar refractivity (Wildman–Crippen MR) is 80.2 cm³/mol. The first kappa shape index (κ1) is 18.4. The van der Waals surface area contributed by atoms with Crippen LogP contribution in [0.3, 0.4) is 0 Å². The maximum atomic E-state index is 13.1. The number of hydrogen-bond donors (Lipinski definition) is 1. The van der Waals surface area contributed by atoms with E-state index < -0.39 is 29.2 Å². The summed E-state index contributed by atoms with van der Waals surface area (Å²) in [5.41, 5.74) is -3.02. The number of hydrogen-bond acceptors (Lipinski definition) is 4. The molecule has 0 saturated carbocycles. The van der Waals surface area contributed by atoms with Gasteiger partial charge in [-0.2, -0.15) is 13.2 Å². The summed E-state index contributed by atoms with van der Waals surface area (Å²) in [5, 5.41) is 16.3. The van der Waals surface area contributed by atoms with Gasteiger partial charge in [0.1, 0.15) is 5.54 Å². The number of halogens is 3. The summed E-state index contributed by atoms with van der Waals surface area (Å²) < 4.78 is 40.0. The molecule has 2 aromatic rings. The molecule has 1 heterocycles. The Bertz CT molecular complexity index is 814. The molecule has 1 aromatic heterocycles. The molecule has 25 heavy (non-hydrogen) atoms. The number of para-hydroxylation sites is 1. The Balaban J connectivity index is 2.39. The number of rotatable bonds is 4. The van der Waals surface area contributed by atoms with E-state index in [0.29, 0.717) is 0 Å². The van der Waals surface area contributed by atoms with Gasteiger partial charge in [-0.3, -0.25) is 4.79 Å². The molecule has 0 radical (unpaired) electrons. The molecule has 0 saturated heterocycles. The fraction of sp³-hybridized carbons (Fsp3) is 0.333. The van der Waals surface area contributed by atoms with Crippen molar-refractivity contribution in [1.82, 2.24) is 19.9 Å². The van der Waals surface area contributed by atoms with Crippen LogP contribution in [0.15, 0.2) is 30.5 Å². The minimum Gasteiger partial charge on any atom is -0.480 e. The van der Waals surface area contributed by atoms with Gasteiger partial charge in [0, 0.05) is 7.05 Å². The van der Waals surface area contributed by atoms with Crippen molar-refractivity contribution in [2.24, 2.45) is 0 Å². The number of benzene rings is 1. The molecule has 1 N–H and O–H groups in total. The Hall–Kier alpha value is -2.91. The largest absolute Gasteiger partial charge is 0.480 e. The van der Waals surface area contributed by atoms with Gasteiger partial charge in [-0.15, -0.1) is 5.10 Å². The Kier molecular flexibility index (Phi) is 4.56. The quantitative estimate of drug-likeness (QED) is 0.907. The topological polar surface area (TPSA) is 88.3 Å². The second-order valence-corrected chi connectivity index (χ2v) is 5.79. The van der Waals surface area contributed by atoms with Gasteiger partial charge in [0.25, 0.3) is 5.91 Å². The van der Waals surface area contributed by atoms with Crippen molar-refractivity contribution in [1.29, 1.82) is 0 Å². The first-order chi connectivity index (χ1) is 11.5. The third kappa shape index (κ3) is 3.47. The predicted octanol–water partition coefficient (Wildman–Crippen LogP) is 2.22. The van der Waals surface area contributed by atoms with Crippen molar-refractivity contribution >= 4 is 11.9 Å². The minimum absolute atomic E-state index is 0.270. The lowest BCUT2D eigenvalue weighted by molar-refractivity contribution is -0.147. The molecular formula is C15H15F3N4O3. The fourth-order valence-corrected chi connectivity index (χ4v) is 1.96. The van der Waals surface area contributed by atoms with E-state index in [0.717, 1.165) is 21.8 Å². The van der Waals surface area contributed by atoms with Gasteiger partial charge in [0.05, 0.1) is 17.4 Å². The molecule has 2 rings (SSSR count). The van der Waals surface area contributed by atoms with Crippen LogP contribution in [0.5, 0.6) is 0 Å². The smallest absolute Gasteiger partial charge is 0.418 e. The minimum atomic E-state index is -4.60. The molecule has 0 aliphatic rings. The number of carboxylic acid groups (broad SMARTS) is 1. The summed E-state index contributed by atoms with van der Waals surface area (Å²) in [7, 11) is 1.26. The van der Waals surface area contributed by atoms with Crippen LogP contribution in [0.2, 0.25) is 0 Å². The molecule has 134 valence electrons. The van der Waals surface area contributed by atoms with Crippen LogP contribution in [-0.2, 0) is 11.0 Å². The van der Waals surface area contributed by atoms with E-state index in [-0.39, 0.29) is 11.4 Å². The summed E-state index contributed by atoms with van der Waals surface area (Å²) >= 11 is 0. The van der Waals surface area contributed by atoms with Crippen LogP contribution < -0.4 is 0 Å². The van der Waals surface area contributed by atoms with Crippen LogP contribution in [0.25, 0.3) is 5.69 Å². The third-order valence-corrected chi connectivity index (χ3v) is 3.84. The average Bonchev–Trinajstić information content (AvgIpc) is 3.02. The average molecular weight is 356 g/mol.